The number of aryl methyl sites for hydroxylation is 2. The van der Waals surface area contributed by atoms with Crippen LogP contribution in [0.5, 0.6) is 11.5 Å². The van der Waals surface area contributed by atoms with Gasteiger partial charge in [-0.15, -0.1) is 0 Å². The molecule has 4 aromatic carbocycles. The summed E-state index contributed by atoms with van der Waals surface area (Å²) >= 11 is -4.78. The van der Waals surface area contributed by atoms with Crippen molar-refractivity contribution in [3.8, 4) is 33.8 Å². The minimum atomic E-state index is -4.78. The molecule has 0 amide bonds. The van der Waals surface area contributed by atoms with E-state index < -0.39 is 21.5 Å². The van der Waals surface area contributed by atoms with Gasteiger partial charge in [0.05, 0.1) is 0 Å². The summed E-state index contributed by atoms with van der Waals surface area (Å²) < 4.78 is 11.0. The van der Waals surface area contributed by atoms with Gasteiger partial charge in [0.15, 0.2) is 0 Å². The number of methoxy groups -OCH3 is 2. The first-order valence-electron chi connectivity index (χ1n) is 15.4. The molecule has 0 fully saturated rings. The topological polar surface area (TPSA) is 18.5 Å². The van der Waals surface area contributed by atoms with Crippen LogP contribution in [0.2, 0.25) is 13.1 Å². The molecule has 0 saturated carbocycles. The van der Waals surface area contributed by atoms with E-state index in [4.69, 9.17) is 26.5 Å². The van der Waals surface area contributed by atoms with Crippen LogP contribution < -0.4 is 9.47 Å². The third kappa shape index (κ3) is 4.92. The maximum atomic E-state index is 8.49. The third-order valence-corrected chi connectivity index (χ3v) is 62.3. The fourth-order valence-corrected chi connectivity index (χ4v) is 40.7. The molecular formula is C38H41Cl2O2SiZr. The Balaban J connectivity index is 1.55. The fraction of sp³-hybridized carbons (Fsp3) is 0.263. The molecule has 0 heterocycles. The molecule has 2 nitrogen and oxygen atoms in total. The van der Waals surface area contributed by atoms with Crippen molar-refractivity contribution in [2.45, 2.75) is 48.0 Å². The van der Waals surface area contributed by atoms with E-state index in [-0.39, 0.29) is 7.25 Å². The molecule has 227 valence electrons. The van der Waals surface area contributed by atoms with Crippen LogP contribution in [0.25, 0.3) is 34.4 Å². The predicted molar refractivity (Wildman–Crippen MR) is 190 cm³/mol. The predicted octanol–water partition coefficient (Wildman–Crippen LogP) is 11.3. The Labute approximate surface area is 271 Å². The number of fused-ring (bicyclic) bond motifs is 2. The van der Waals surface area contributed by atoms with Crippen LogP contribution in [-0.4, -0.2) is 20.1 Å². The minimum absolute atomic E-state index is 0.0580. The second kappa shape index (κ2) is 11.5. The van der Waals surface area contributed by atoms with E-state index in [2.05, 4.69) is 101 Å². The Morgan fingerprint density at radius 2 is 0.955 bits per heavy atom. The van der Waals surface area contributed by atoms with Crippen LogP contribution in [0.1, 0.15) is 54.5 Å². The number of hydrogen-bond donors (Lipinski definition) is 0. The SMILES string of the molecule is COc1ccc(-c2cc(C)cc3c2C=C(C)[CH]3[Zr]([Cl])([Cl])([CH]2C(C)=Cc3c(-c4ccc(OC)cc4)cc(C)cc32)[SiH](C)C)cc1. The molecule has 2 atom stereocenters. The Hall–Kier alpha value is -2.36. The number of hydrogen-bond acceptors (Lipinski definition) is 2. The Kier molecular flexibility index (Phi) is 8.24. The Morgan fingerprint density at radius 1 is 0.591 bits per heavy atom. The molecule has 44 heavy (non-hydrogen) atoms. The zero-order valence-corrected chi connectivity index (χ0v) is 32.0. The van der Waals surface area contributed by atoms with E-state index in [0.717, 1.165) is 11.5 Å². The van der Waals surface area contributed by atoms with Crippen molar-refractivity contribution in [2.24, 2.45) is 0 Å². The molecule has 6 rings (SSSR count). The van der Waals surface area contributed by atoms with E-state index >= 15 is 0 Å². The number of rotatable bonds is 7. The molecule has 0 aromatic heterocycles. The van der Waals surface area contributed by atoms with Gasteiger partial charge in [0.2, 0.25) is 0 Å². The van der Waals surface area contributed by atoms with Crippen molar-refractivity contribution in [2.75, 3.05) is 14.2 Å². The van der Waals surface area contributed by atoms with Gasteiger partial charge in [-0.25, -0.2) is 0 Å². The van der Waals surface area contributed by atoms with Crippen LogP contribution in [0, 0.1) is 13.8 Å². The van der Waals surface area contributed by atoms with Crippen LogP contribution in [-0.2, 0) is 15.6 Å². The van der Waals surface area contributed by atoms with Crippen molar-refractivity contribution >= 4 is 35.1 Å². The monoisotopic (exact) mass is 717 g/mol. The molecule has 6 heteroatoms. The summed E-state index contributed by atoms with van der Waals surface area (Å²) in [4.78, 5) is 0. The van der Waals surface area contributed by atoms with Crippen LogP contribution in [0.15, 0.2) is 83.9 Å². The molecule has 0 spiro atoms. The molecular weight excluding hydrogens is 679 g/mol. The summed E-state index contributed by atoms with van der Waals surface area (Å²) in [7, 11) is 20.4. The summed E-state index contributed by atoms with van der Waals surface area (Å²) in [5.41, 5.74) is 15.1. The van der Waals surface area contributed by atoms with Crippen molar-refractivity contribution in [3.63, 3.8) is 0 Å². The summed E-state index contributed by atoms with van der Waals surface area (Å²) in [6, 6.07) is 26.1. The van der Waals surface area contributed by atoms with Gasteiger partial charge < -0.3 is 0 Å². The standard InChI is InChI=1S/2C18H17O.C2H7Si.2ClH.Zr/c2*1-12-8-15-9-13(2)11-18(15)17(10-12)14-4-6-16(19-3)7-5-14;1-3-2;;;/h2*4-11H,1-3H3;3H,1-2H3;2*1H;/q;;;;;+2/p-2. The summed E-state index contributed by atoms with van der Waals surface area (Å²) in [5, 5.41) is 0. The molecule has 4 aromatic rings. The summed E-state index contributed by atoms with van der Waals surface area (Å²) in [5.74, 6) is 0.0910. The van der Waals surface area contributed by atoms with E-state index in [1.807, 2.05) is 24.3 Å². The van der Waals surface area contributed by atoms with Crippen molar-refractivity contribution in [1.29, 1.82) is 0 Å². The Morgan fingerprint density at radius 3 is 1.27 bits per heavy atom. The normalized spacial score (nSPS) is 18.3. The van der Waals surface area contributed by atoms with Crippen LogP contribution in [0.4, 0.5) is 0 Å². The quantitative estimate of drug-likeness (QED) is 0.177. The average Bonchev–Trinajstić information content (AvgIpc) is 3.52. The van der Waals surface area contributed by atoms with Crippen LogP contribution in [0.3, 0.4) is 0 Å². The molecule has 2 unspecified atom stereocenters. The van der Waals surface area contributed by atoms with Gasteiger partial charge in [-0.05, 0) is 0 Å². The van der Waals surface area contributed by atoms with Gasteiger partial charge in [-0.3, -0.25) is 0 Å². The molecule has 0 saturated heterocycles. The number of allylic oxidation sites excluding steroid dienone is 2. The van der Waals surface area contributed by atoms with Gasteiger partial charge in [-0.2, -0.15) is 0 Å². The van der Waals surface area contributed by atoms with Crippen molar-refractivity contribution < 1.29 is 25.0 Å². The van der Waals surface area contributed by atoms with Crippen molar-refractivity contribution in [3.05, 3.63) is 117 Å². The van der Waals surface area contributed by atoms with E-state index in [0.29, 0.717) is 0 Å². The third-order valence-electron chi connectivity index (χ3n) is 10.00. The molecule has 0 N–H and O–H groups in total. The van der Waals surface area contributed by atoms with Gasteiger partial charge >= 0.3 is 273 Å². The molecule has 2 aliphatic carbocycles. The zero-order chi connectivity index (χ0) is 31.6. The van der Waals surface area contributed by atoms with Gasteiger partial charge in [-0.1, -0.05) is 0 Å². The first kappa shape index (κ1) is 31.6. The van der Waals surface area contributed by atoms with Gasteiger partial charge in [0.25, 0.3) is 0 Å². The fourth-order valence-electron chi connectivity index (χ4n) is 7.88. The second-order valence-electron chi connectivity index (χ2n) is 13.1. The van der Waals surface area contributed by atoms with E-state index in [1.54, 1.807) is 14.2 Å². The maximum absolute atomic E-state index is 8.49. The molecule has 0 bridgehead atoms. The van der Waals surface area contributed by atoms with Crippen LogP contribution >= 0.6 is 17.0 Å². The first-order chi connectivity index (χ1) is 20.9. The molecule has 0 radical (unpaired) electrons. The zero-order valence-electron chi connectivity index (χ0n) is 26.9. The number of benzene rings is 4. The van der Waals surface area contributed by atoms with Crippen molar-refractivity contribution in [1.82, 2.24) is 0 Å². The number of halogens is 2. The van der Waals surface area contributed by atoms with E-state index in [1.165, 1.54) is 66.8 Å². The van der Waals surface area contributed by atoms with Gasteiger partial charge in [0, 0.05) is 0 Å². The second-order valence-corrected chi connectivity index (χ2v) is 55.6. The van der Waals surface area contributed by atoms with Gasteiger partial charge in [0.1, 0.15) is 0 Å². The average molecular weight is 720 g/mol. The first-order valence-corrected chi connectivity index (χ1v) is 31.7. The molecule has 0 aliphatic heterocycles. The Bertz CT molecular complexity index is 1710. The van der Waals surface area contributed by atoms with E-state index in [9.17, 15) is 0 Å². The summed E-state index contributed by atoms with van der Waals surface area (Å²) in [6.07, 6.45) is 4.75. The molecule has 2 aliphatic rings. The number of ether oxygens (including phenoxy) is 2. The summed E-state index contributed by atoms with van der Waals surface area (Å²) in [6.45, 7) is 13.7.